The van der Waals surface area contributed by atoms with E-state index in [1.165, 1.54) is 0 Å². The number of nitrogens with zero attached hydrogens (tertiary/aromatic N) is 6. The van der Waals surface area contributed by atoms with Gasteiger partial charge in [-0.15, -0.1) is 0 Å². The van der Waals surface area contributed by atoms with Crippen LogP contribution in [-0.4, -0.2) is 22.1 Å². The van der Waals surface area contributed by atoms with E-state index >= 15 is 0 Å². The Kier molecular flexibility index (Phi) is 15.3. The van der Waals surface area contributed by atoms with Gasteiger partial charge in [0.2, 0.25) is 11.9 Å². The third kappa shape index (κ3) is 11.2. The molecule has 258 valence electrons. The molecule has 4 aromatic rings. The molecule has 0 unspecified atom stereocenters. The van der Waals surface area contributed by atoms with Gasteiger partial charge in [0, 0.05) is 20.1 Å². The first kappa shape index (κ1) is 39.4. The number of phenols is 2. The molecule has 0 radical (unpaired) electrons. The van der Waals surface area contributed by atoms with Crippen LogP contribution in [0.15, 0.2) is 91.7 Å². The zero-order valence-corrected chi connectivity index (χ0v) is 31.1. The summed E-state index contributed by atoms with van der Waals surface area (Å²) >= 11 is 6.80. The van der Waals surface area contributed by atoms with Crippen molar-refractivity contribution >= 4 is 66.5 Å². The number of aromatic hydroxyl groups is 2. The third-order valence-electron chi connectivity index (χ3n) is 6.94. The molecule has 51 heavy (non-hydrogen) atoms. The van der Waals surface area contributed by atoms with Gasteiger partial charge in [-0.1, -0.05) is 51.5 Å². The molecule has 0 bridgehead atoms. The number of guanidine groups is 2. The second kappa shape index (κ2) is 19.8. The average molecular weight is 811 g/mol. The lowest BCUT2D eigenvalue weighted by atomic mass is 9.96. The van der Waals surface area contributed by atoms with Crippen molar-refractivity contribution in [3.8, 4) is 36.0 Å². The molecule has 0 heterocycles. The fourth-order valence-electron chi connectivity index (χ4n) is 4.66. The van der Waals surface area contributed by atoms with Gasteiger partial charge < -0.3 is 20.8 Å². The van der Waals surface area contributed by atoms with Crippen LogP contribution in [0.4, 0.5) is 22.7 Å². The van der Waals surface area contributed by atoms with Crippen molar-refractivity contribution in [1.29, 1.82) is 21.0 Å². The fraction of sp³-hybridized carbons (Fsp3) is 0.189. The van der Waals surface area contributed by atoms with E-state index in [1.54, 1.807) is 36.4 Å². The van der Waals surface area contributed by atoms with E-state index in [4.69, 9.17) is 10.5 Å². The van der Waals surface area contributed by atoms with Crippen molar-refractivity contribution in [2.24, 2.45) is 15.9 Å². The number of hydrogen-bond acceptors (Lipinski definition) is 8. The molecule has 14 heteroatoms. The molecule has 0 atom stereocenters. The van der Waals surface area contributed by atoms with Crippen molar-refractivity contribution in [3.63, 3.8) is 0 Å². The number of nitriles is 4. The first-order valence-corrected chi connectivity index (χ1v) is 17.2. The molecule has 6 N–H and O–H groups in total. The third-order valence-corrected chi connectivity index (χ3v) is 8.28. The van der Waals surface area contributed by atoms with Gasteiger partial charge in [0.1, 0.15) is 11.5 Å². The van der Waals surface area contributed by atoms with Crippen LogP contribution < -0.4 is 21.3 Å². The highest BCUT2D eigenvalue weighted by Gasteiger charge is 2.16. The van der Waals surface area contributed by atoms with Gasteiger partial charge in [-0.05, 0) is 99.2 Å². The minimum absolute atomic E-state index is 0.0135. The van der Waals surface area contributed by atoms with Gasteiger partial charge in [0.05, 0.1) is 46.0 Å². The molecular formula is C37H34Br2N10O2. The highest BCUT2D eigenvalue weighted by Crippen LogP contribution is 2.34. The number of hydrogen-bond donors (Lipinski definition) is 6. The highest BCUT2D eigenvalue weighted by molar-refractivity contribution is 9.11. The normalized spacial score (nSPS) is 10.8. The lowest BCUT2D eigenvalue weighted by Crippen LogP contribution is -2.26. The molecule has 0 spiro atoms. The average Bonchev–Trinajstić information content (AvgIpc) is 3.11. The number of nitrogens with one attached hydrogen (secondary N) is 4. The van der Waals surface area contributed by atoms with Gasteiger partial charge in [0.15, 0.2) is 12.4 Å². The van der Waals surface area contributed by atoms with E-state index < -0.39 is 0 Å². The standard InChI is InChI=1S/C19H18BrN5O.C18H16BrN5O/c1-12(2)9-14-13(10-21)7-8-17(18(14)26)25-19(23-11-22)24-16-6-4-3-5-15(16)20;1-2-5-13-12(10-20)8-9-16(17(13)25)24-18(22-11-21)23-15-7-4-3-6-14(15)19/h3-8,12,26H,9H2,1-2H3,(H2,23,24,25);3-4,6-9,25H,2,5H2,1H3,(H2,22,23,24). The summed E-state index contributed by atoms with van der Waals surface area (Å²) in [6.45, 7) is 5.99. The van der Waals surface area contributed by atoms with Crippen LogP contribution in [0.2, 0.25) is 0 Å². The Morgan fingerprint density at radius 1 is 0.686 bits per heavy atom. The lowest BCUT2D eigenvalue weighted by Gasteiger charge is -2.15. The van der Waals surface area contributed by atoms with Crippen molar-refractivity contribution in [2.45, 2.75) is 40.0 Å². The number of para-hydroxylation sites is 2. The van der Waals surface area contributed by atoms with E-state index in [-0.39, 0.29) is 29.3 Å². The van der Waals surface area contributed by atoms with Gasteiger partial charge in [-0.3, -0.25) is 10.6 Å². The molecule has 0 saturated carbocycles. The molecule has 4 aromatic carbocycles. The predicted octanol–water partition coefficient (Wildman–Crippen LogP) is 8.54. The second-order valence-electron chi connectivity index (χ2n) is 11.1. The highest BCUT2D eigenvalue weighted by atomic mass is 79.9. The largest absolute Gasteiger partial charge is 0.505 e. The molecule has 0 aliphatic rings. The van der Waals surface area contributed by atoms with E-state index in [0.717, 1.165) is 15.4 Å². The Balaban J connectivity index is 0.000000276. The lowest BCUT2D eigenvalue weighted by molar-refractivity contribution is 0.464. The Hall–Kier alpha value is -6.06. The second-order valence-corrected chi connectivity index (χ2v) is 12.8. The number of rotatable bonds is 8. The molecular weight excluding hydrogens is 776 g/mol. The summed E-state index contributed by atoms with van der Waals surface area (Å²) in [5.74, 6) is 0.568. The summed E-state index contributed by atoms with van der Waals surface area (Å²) in [5.41, 5.74) is 3.99. The van der Waals surface area contributed by atoms with Crippen LogP contribution in [0.1, 0.15) is 49.4 Å². The number of benzene rings is 4. The first-order chi connectivity index (χ1) is 24.6. The molecule has 0 saturated heterocycles. The van der Waals surface area contributed by atoms with Crippen LogP contribution >= 0.6 is 31.9 Å². The van der Waals surface area contributed by atoms with Crippen LogP contribution in [0, 0.1) is 51.5 Å². The summed E-state index contributed by atoms with van der Waals surface area (Å²) in [5, 5.41) is 68.2. The van der Waals surface area contributed by atoms with E-state index in [2.05, 4.69) is 75.3 Å². The maximum atomic E-state index is 10.6. The SMILES string of the molecule is CC(C)Cc1c(C#N)ccc(NC(=Nc2ccccc2Br)NC#N)c1O.CCCc1c(C#N)ccc(NC(=Nc2ccccc2Br)NC#N)c1O. The summed E-state index contributed by atoms with van der Waals surface area (Å²) < 4.78 is 1.54. The van der Waals surface area contributed by atoms with Gasteiger partial charge in [-0.2, -0.15) is 21.0 Å². The Morgan fingerprint density at radius 2 is 1.12 bits per heavy atom. The van der Waals surface area contributed by atoms with Crippen LogP contribution in [-0.2, 0) is 12.8 Å². The van der Waals surface area contributed by atoms with E-state index in [0.29, 0.717) is 57.8 Å². The van der Waals surface area contributed by atoms with Crippen molar-refractivity contribution in [1.82, 2.24) is 10.6 Å². The van der Waals surface area contributed by atoms with Crippen LogP contribution in [0.25, 0.3) is 0 Å². The van der Waals surface area contributed by atoms with Crippen molar-refractivity contribution in [3.05, 3.63) is 104 Å². The summed E-state index contributed by atoms with van der Waals surface area (Å²) in [6.07, 6.45) is 5.57. The maximum Gasteiger partial charge on any atom is 0.214 e. The van der Waals surface area contributed by atoms with Gasteiger partial charge in [-0.25, -0.2) is 9.98 Å². The smallest absolute Gasteiger partial charge is 0.214 e. The fourth-order valence-corrected chi connectivity index (χ4v) is 5.41. The summed E-state index contributed by atoms with van der Waals surface area (Å²) in [7, 11) is 0. The number of anilines is 2. The predicted molar refractivity (Wildman–Crippen MR) is 205 cm³/mol. The molecule has 0 amide bonds. The van der Waals surface area contributed by atoms with Crippen molar-refractivity contribution < 1.29 is 10.2 Å². The van der Waals surface area contributed by atoms with Gasteiger partial charge >= 0.3 is 0 Å². The number of phenolic OH excluding ortho intramolecular Hbond substituents is 2. The zero-order chi connectivity index (χ0) is 37.3. The number of aliphatic imine (C=N–C) groups is 2. The Labute approximate surface area is 313 Å². The maximum absolute atomic E-state index is 10.6. The topological polar surface area (TPSA) is 208 Å². The zero-order valence-electron chi connectivity index (χ0n) is 28.0. The quantitative estimate of drug-likeness (QED) is 0.0328. The van der Waals surface area contributed by atoms with E-state index in [1.807, 2.05) is 69.6 Å². The molecule has 0 aliphatic heterocycles. The Morgan fingerprint density at radius 3 is 1.51 bits per heavy atom. The molecule has 0 aromatic heterocycles. The summed E-state index contributed by atoms with van der Waals surface area (Å²) in [4.78, 5) is 8.72. The monoisotopic (exact) mass is 808 g/mol. The van der Waals surface area contributed by atoms with Gasteiger partial charge in [0.25, 0.3) is 0 Å². The minimum Gasteiger partial charge on any atom is -0.505 e. The minimum atomic E-state index is -0.0164. The van der Waals surface area contributed by atoms with Crippen LogP contribution in [0.5, 0.6) is 11.5 Å². The van der Waals surface area contributed by atoms with Crippen LogP contribution in [0.3, 0.4) is 0 Å². The molecule has 0 aliphatic carbocycles. The van der Waals surface area contributed by atoms with Crippen molar-refractivity contribution in [2.75, 3.05) is 10.6 Å². The molecule has 12 nitrogen and oxygen atoms in total. The molecule has 4 rings (SSSR count). The van der Waals surface area contributed by atoms with E-state index in [9.17, 15) is 20.7 Å². The molecule has 0 fully saturated rings. The number of halogens is 2. The Bertz CT molecular complexity index is 2090. The summed E-state index contributed by atoms with van der Waals surface area (Å²) in [6, 6.07) is 25.2. The first-order valence-electron chi connectivity index (χ1n) is 15.6.